The van der Waals surface area contributed by atoms with Crippen molar-refractivity contribution in [2.24, 2.45) is 0 Å². The molecule has 1 aromatic carbocycles. The number of rotatable bonds is 7. The van der Waals surface area contributed by atoms with E-state index in [1.807, 2.05) is 24.3 Å². The van der Waals surface area contributed by atoms with E-state index < -0.39 is 18.7 Å². The van der Waals surface area contributed by atoms with Gasteiger partial charge in [-0.2, -0.15) is 13.2 Å². The Kier molecular flexibility index (Phi) is 6.49. The lowest BCUT2D eigenvalue weighted by atomic mass is 10.0. The second-order valence-corrected chi connectivity index (χ2v) is 5.13. The first-order valence-electron chi connectivity index (χ1n) is 6.84. The van der Waals surface area contributed by atoms with Crippen LogP contribution in [0, 0.1) is 0 Å². The molecule has 0 aliphatic heterocycles. The maximum absolute atomic E-state index is 12.1. The third kappa shape index (κ3) is 6.39. The van der Waals surface area contributed by atoms with Crippen molar-refractivity contribution in [1.82, 2.24) is 4.90 Å². The summed E-state index contributed by atoms with van der Waals surface area (Å²) in [6.45, 7) is 2.19. The Morgan fingerprint density at radius 1 is 1.20 bits per heavy atom. The summed E-state index contributed by atoms with van der Waals surface area (Å²) in [5, 5.41) is 10.0. The van der Waals surface area contributed by atoms with Crippen LogP contribution < -0.4 is 0 Å². The van der Waals surface area contributed by atoms with E-state index >= 15 is 0 Å². The van der Waals surface area contributed by atoms with Gasteiger partial charge in [0.2, 0.25) is 0 Å². The van der Waals surface area contributed by atoms with Gasteiger partial charge in [-0.05, 0) is 24.6 Å². The van der Waals surface area contributed by atoms with Crippen molar-refractivity contribution in [3.05, 3.63) is 35.4 Å². The van der Waals surface area contributed by atoms with Gasteiger partial charge in [0, 0.05) is 13.1 Å². The van der Waals surface area contributed by atoms with Gasteiger partial charge in [0.1, 0.15) is 0 Å². The number of nitrogens with zero attached hydrogens (tertiary/aromatic N) is 1. The van der Waals surface area contributed by atoms with Crippen molar-refractivity contribution < 1.29 is 18.3 Å². The van der Waals surface area contributed by atoms with Crippen LogP contribution in [0.15, 0.2) is 24.3 Å². The number of aryl methyl sites for hydroxylation is 1. The fraction of sp³-hybridized carbons (Fsp3) is 0.600. The third-order valence-corrected chi connectivity index (χ3v) is 3.16. The molecule has 1 unspecified atom stereocenters. The normalized spacial score (nSPS) is 13.8. The predicted molar refractivity (Wildman–Crippen MR) is 73.6 cm³/mol. The minimum atomic E-state index is -4.15. The van der Waals surface area contributed by atoms with Crippen LogP contribution in [-0.2, 0) is 6.42 Å². The van der Waals surface area contributed by atoms with Gasteiger partial charge in [0.15, 0.2) is 0 Å². The Morgan fingerprint density at radius 2 is 1.80 bits per heavy atom. The van der Waals surface area contributed by atoms with E-state index in [9.17, 15) is 18.3 Å². The minimum Gasteiger partial charge on any atom is -0.387 e. The van der Waals surface area contributed by atoms with Crippen LogP contribution in [0.25, 0.3) is 0 Å². The molecule has 0 spiro atoms. The molecular weight excluding hydrogens is 267 g/mol. The monoisotopic (exact) mass is 289 g/mol. The number of likely N-dealkylation sites (N-methyl/N-ethyl adjacent to an activating group) is 1. The zero-order valence-electron chi connectivity index (χ0n) is 12.0. The molecule has 5 heteroatoms. The Hall–Kier alpha value is -1.07. The number of hydrogen-bond acceptors (Lipinski definition) is 2. The maximum Gasteiger partial charge on any atom is 0.390 e. The zero-order chi connectivity index (χ0) is 15.2. The Balaban J connectivity index is 2.47. The molecule has 0 aromatic heterocycles. The molecule has 1 aromatic rings. The van der Waals surface area contributed by atoms with Crippen LogP contribution in [0.3, 0.4) is 0 Å². The molecule has 20 heavy (non-hydrogen) atoms. The second-order valence-electron chi connectivity index (χ2n) is 5.13. The molecule has 1 atom stereocenters. The van der Waals surface area contributed by atoms with Crippen molar-refractivity contribution in [2.45, 2.75) is 38.5 Å². The largest absolute Gasteiger partial charge is 0.390 e. The standard InChI is InChI=1S/C15H22F3NO/c1-3-4-12-5-7-13(8-6-12)14(20)11-19(2)10-9-15(16,17)18/h5-8,14,20H,3-4,9-11H2,1-2H3. The van der Waals surface area contributed by atoms with E-state index in [-0.39, 0.29) is 13.1 Å². The second kappa shape index (κ2) is 7.64. The van der Waals surface area contributed by atoms with Gasteiger partial charge >= 0.3 is 6.18 Å². The SMILES string of the molecule is CCCc1ccc(C(O)CN(C)CCC(F)(F)F)cc1. The zero-order valence-corrected chi connectivity index (χ0v) is 12.0. The average molecular weight is 289 g/mol. The van der Waals surface area contributed by atoms with Gasteiger partial charge < -0.3 is 10.0 Å². The number of hydrogen-bond donors (Lipinski definition) is 1. The molecular formula is C15H22F3NO. The van der Waals surface area contributed by atoms with Crippen molar-refractivity contribution >= 4 is 0 Å². The highest BCUT2D eigenvalue weighted by Crippen LogP contribution is 2.20. The number of alkyl halides is 3. The first-order valence-corrected chi connectivity index (χ1v) is 6.84. The van der Waals surface area contributed by atoms with E-state index in [1.165, 1.54) is 10.5 Å². The number of aliphatic hydroxyl groups is 1. The van der Waals surface area contributed by atoms with Crippen molar-refractivity contribution in [3.63, 3.8) is 0 Å². The van der Waals surface area contributed by atoms with Gasteiger partial charge in [-0.25, -0.2) is 0 Å². The third-order valence-electron chi connectivity index (χ3n) is 3.16. The molecule has 1 N–H and O–H groups in total. The molecule has 0 amide bonds. The molecule has 0 fully saturated rings. The summed E-state index contributed by atoms with van der Waals surface area (Å²) in [6.07, 6.45) is -3.72. The van der Waals surface area contributed by atoms with Gasteiger partial charge in [0.25, 0.3) is 0 Å². The Labute approximate surface area is 118 Å². The average Bonchev–Trinajstić information content (AvgIpc) is 2.37. The van der Waals surface area contributed by atoms with Gasteiger partial charge in [-0.15, -0.1) is 0 Å². The highest BCUT2D eigenvalue weighted by molar-refractivity contribution is 5.24. The number of aliphatic hydroxyl groups excluding tert-OH is 1. The van der Waals surface area contributed by atoms with Crippen LogP contribution in [0.5, 0.6) is 0 Å². The highest BCUT2D eigenvalue weighted by atomic mass is 19.4. The molecule has 0 heterocycles. The fourth-order valence-electron chi connectivity index (χ4n) is 2.00. The van der Waals surface area contributed by atoms with E-state index in [0.717, 1.165) is 18.4 Å². The molecule has 0 aliphatic carbocycles. The molecule has 1 rings (SSSR count). The summed E-state index contributed by atoms with van der Waals surface area (Å²) < 4.78 is 36.3. The lowest BCUT2D eigenvalue weighted by molar-refractivity contribution is -0.137. The summed E-state index contributed by atoms with van der Waals surface area (Å²) in [5.74, 6) is 0. The van der Waals surface area contributed by atoms with E-state index in [1.54, 1.807) is 7.05 Å². The van der Waals surface area contributed by atoms with E-state index in [2.05, 4.69) is 6.92 Å². The van der Waals surface area contributed by atoms with Crippen LogP contribution in [0.4, 0.5) is 13.2 Å². The summed E-state index contributed by atoms with van der Waals surface area (Å²) in [4.78, 5) is 1.50. The molecule has 0 saturated heterocycles. The van der Waals surface area contributed by atoms with Crippen molar-refractivity contribution in [2.75, 3.05) is 20.1 Å². The lowest BCUT2D eigenvalue weighted by Crippen LogP contribution is -2.28. The van der Waals surface area contributed by atoms with Crippen LogP contribution in [0.1, 0.15) is 37.0 Å². The lowest BCUT2D eigenvalue weighted by Gasteiger charge is -2.21. The van der Waals surface area contributed by atoms with E-state index in [0.29, 0.717) is 0 Å². The van der Waals surface area contributed by atoms with Crippen molar-refractivity contribution in [3.8, 4) is 0 Å². The summed E-state index contributed by atoms with van der Waals surface area (Å²) in [6, 6.07) is 7.59. The smallest absolute Gasteiger partial charge is 0.387 e. The van der Waals surface area contributed by atoms with Crippen LogP contribution in [0.2, 0.25) is 0 Å². The first kappa shape index (κ1) is 17.0. The molecule has 2 nitrogen and oxygen atoms in total. The topological polar surface area (TPSA) is 23.5 Å². The molecule has 114 valence electrons. The molecule has 0 saturated carbocycles. The fourth-order valence-corrected chi connectivity index (χ4v) is 2.00. The predicted octanol–water partition coefficient (Wildman–Crippen LogP) is 3.56. The molecule has 0 aliphatic rings. The van der Waals surface area contributed by atoms with Gasteiger partial charge in [0.05, 0.1) is 12.5 Å². The maximum atomic E-state index is 12.1. The van der Waals surface area contributed by atoms with E-state index in [4.69, 9.17) is 0 Å². The van der Waals surface area contributed by atoms with Crippen LogP contribution >= 0.6 is 0 Å². The van der Waals surface area contributed by atoms with Crippen molar-refractivity contribution in [1.29, 1.82) is 0 Å². The Morgan fingerprint density at radius 3 is 2.30 bits per heavy atom. The summed E-state index contributed by atoms with van der Waals surface area (Å²) >= 11 is 0. The minimum absolute atomic E-state index is 0.103. The highest BCUT2D eigenvalue weighted by Gasteiger charge is 2.27. The summed E-state index contributed by atoms with van der Waals surface area (Å²) in [5.41, 5.74) is 1.94. The quantitative estimate of drug-likeness (QED) is 0.829. The van der Waals surface area contributed by atoms with Crippen LogP contribution in [-0.4, -0.2) is 36.3 Å². The number of halogens is 3. The summed E-state index contributed by atoms with van der Waals surface area (Å²) in [7, 11) is 1.58. The molecule has 0 bridgehead atoms. The number of benzene rings is 1. The Bertz CT molecular complexity index is 389. The molecule has 0 radical (unpaired) electrons. The first-order chi connectivity index (χ1) is 9.31. The van der Waals surface area contributed by atoms with Gasteiger partial charge in [-0.3, -0.25) is 0 Å². The van der Waals surface area contributed by atoms with Gasteiger partial charge in [-0.1, -0.05) is 37.6 Å².